The molecule has 1 heterocycles. The van der Waals surface area contributed by atoms with Gasteiger partial charge in [-0.15, -0.1) is 0 Å². The standard InChI is InChI=1S/C15H19BrN2O3/c1-10(2)21-8-7-18-13(19)15(3,17-14(18)20)11-5-4-6-12(16)9-11/h4-6,9-10H,7-8H2,1-3H3,(H,17,20). The van der Waals surface area contributed by atoms with Crippen molar-refractivity contribution in [2.75, 3.05) is 13.2 Å². The lowest BCUT2D eigenvalue weighted by Gasteiger charge is -2.22. The van der Waals surface area contributed by atoms with Gasteiger partial charge in [-0.3, -0.25) is 9.69 Å². The summed E-state index contributed by atoms with van der Waals surface area (Å²) in [5.41, 5.74) is -0.277. The van der Waals surface area contributed by atoms with Gasteiger partial charge < -0.3 is 10.1 Å². The quantitative estimate of drug-likeness (QED) is 0.827. The third-order valence-corrected chi connectivity index (χ3v) is 3.94. The van der Waals surface area contributed by atoms with Gasteiger partial charge >= 0.3 is 6.03 Å². The zero-order valence-electron chi connectivity index (χ0n) is 12.4. The molecule has 5 nitrogen and oxygen atoms in total. The minimum absolute atomic E-state index is 0.0715. The Hall–Kier alpha value is -1.40. The van der Waals surface area contributed by atoms with Crippen LogP contribution in [0.1, 0.15) is 26.3 Å². The summed E-state index contributed by atoms with van der Waals surface area (Å²) in [7, 11) is 0. The lowest BCUT2D eigenvalue weighted by Crippen LogP contribution is -2.41. The maximum absolute atomic E-state index is 12.6. The van der Waals surface area contributed by atoms with Crippen LogP contribution in [0.2, 0.25) is 0 Å². The van der Waals surface area contributed by atoms with Gasteiger partial charge in [0.1, 0.15) is 5.54 Å². The average molecular weight is 355 g/mol. The number of urea groups is 1. The second-order valence-electron chi connectivity index (χ2n) is 5.44. The Morgan fingerprint density at radius 1 is 1.38 bits per heavy atom. The fraction of sp³-hybridized carbons (Fsp3) is 0.467. The van der Waals surface area contributed by atoms with Gasteiger partial charge in [0.25, 0.3) is 5.91 Å². The normalized spacial score (nSPS) is 22.0. The Kier molecular flexibility index (Phi) is 4.68. The van der Waals surface area contributed by atoms with Crippen LogP contribution in [0.3, 0.4) is 0 Å². The molecular weight excluding hydrogens is 336 g/mol. The molecule has 1 unspecified atom stereocenters. The van der Waals surface area contributed by atoms with E-state index in [0.29, 0.717) is 6.61 Å². The number of halogens is 1. The largest absolute Gasteiger partial charge is 0.377 e. The number of ether oxygens (including phenoxy) is 1. The van der Waals surface area contributed by atoms with Crippen molar-refractivity contribution in [3.63, 3.8) is 0 Å². The van der Waals surface area contributed by atoms with Gasteiger partial charge in [0.15, 0.2) is 0 Å². The van der Waals surface area contributed by atoms with E-state index in [9.17, 15) is 9.59 Å². The second-order valence-corrected chi connectivity index (χ2v) is 6.36. The molecule has 0 spiro atoms. The van der Waals surface area contributed by atoms with Crippen molar-refractivity contribution in [1.82, 2.24) is 10.2 Å². The number of nitrogens with one attached hydrogen (secondary N) is 1. The smallest absolute Gasteiger partial charge is 0.325 e. The Bertz CT molecular complexity index is 562. The lowest BCUT2D eigenvalue weighted by molar-refractivity contribution is -0.131. The van der Waals surface area contributed by atoms with Crippen molar-refractivity contribution in [2.24, 2.45) is 0 Å². The van der Waals surface area contributed by atoms with Crippen LogP contribution in [0.25, 0.3) is 0 Å². The molecule has 1 N–H and O–H groups in total. The Labute approximate surface area is 132 Å². The maximum atomic E-state index is 12.6. The van der Waals surface area contributed by atoms with Gasteiger partial charge in [0.2, 0.25) is 0 Å². The highest BCUT2D eigenvalue weighted by Gasteiger charge is 2.48. The molecule has 6 heteroatoms. The van der Waals surface area contributed by atoms with Crippen LogP contribution in [0.15, 0.2) is 28.7 Å². The van der Waals surface area contributed by atoms with Crippen LogP contribution in [0.5, 0.6) is 0 Å². The Morgan fingerprint density at radius 3 is 2.71 bits per heavy atom. The molecule has 1 saturated heterocycles. The van der Waals surface area contributed by atoms with E-state index < -0.39 is 5.54 Å². The molecule has 21 heavy (non-hydrogen) atoms. The SMILES string of the molecule is CC(C)OCCN1C(=O)NC(C)(c2cccc(Br)c2)C1=O. The fourth-order valence-corrected chi connectivity index (χ4v) is 2.67. The number of benzene rings is 1. The summed E-state index contributed by atoms with van der Waals surface area (Å²) in [5.74, 6) is -0.252. The Balaban J connectivity index is 2.16. The van der Waals surface area contributed by atoms with Crippen LogP contribution in [-0.4, -0.2) is 36.1 Å². The second kappa shape index (κ2) is 6.15. The number of hydrogen-bond donors (Lipinski definition) is 1. The van der Waals surface area contributed by atoms with Gasteiger partial charge in [-0.1, -0.05) is 28.1 Å². The maximum Gasteiger partial charge on any atom is 0.325 e. The number of carbonyl (C=O) groups is 2. The van der Waals surface area contributed by atoms with E-state index >= 15 is 0 Å². The molecule has 114 valence electrons. The van der Waals surface area contributed by atoms with Crippen LogP contribution in [0, 0.1) is 0 Å². The summed E-state index contributed by atoms with van der Waals surface area (Å²) in [6.07, 6.45) is 0.0715. The van der Waals surface area contributed by atoms with Gasteiger partial charge in [-0.2, -0.15) is 0 Å². The summed E-state index contributed by atoms with van der Waals surface area (Å²) in [5, 5.41) is 2.77. The zero-order chi connectivity index (χ0) is 15.6. The molecule has 1 atom stereocenters. The van der Waals surface area contributed by atoms with Gasteiger partial charge in [-0.05, 0) is 38.5 Å². The minimum atomic E-state index is -1.03. The first kappa shape index (κ1) is 16.0. The number of carbonyl (C=O) groups excluding carboxylic acids is 2. The predicted octanol–water partition coefficient (Wildman–Crippen LogP) is 2.64. The highest BCUT2D eigenvalue weighted by molar-refractivity contribution is 9.10. The van der Waals surface area contributed by atoms with Crippen molar-refractivity contribution < 1.29 is 14.3 Å². The van der Waals surface area contributed by atoms with Crippen molar-refractivity contribution in [2.45, 2.75) is 32.4 Å². The first-order valence-corrected chi connectivity index (χ1v) is 7.65. The highest BCUT2D eigenvalue weighted by atomic mass is 79.9. The van der Waals surface area contributed by atoms with Crippen molar-refractivity contribution >= 4 is 27.9 Å². The number of amides is 3. The van der Waals surface area contributed by atoms with Crippen LogP contribution in [0.4, 0.5) is 4.79 Å². The molecule has 3 amide bonds. The van der Waals surface area contributed by atoms with E-state index in [1.807, 2.05) is 38.1 Å². The van der Waals surface area contributed by atoms with Crippen LogP contribution < -0.4 is 5.32 Å². The third kappa shape index (κ3) is 3.27. The molecule has 1 fully saturated rings. The molecule has 2 rings (SSSR count). The predicted molar refractivity (Wildman–Crippen MR) is 82.8 cm³/mol. The van der Waals surface area contributed by atoms with E-state index in [0.717, 1.165) is 10.0 Å². The van der Waals surface area contributed by atoms with Crippen molar-refractivity contribution in [1.29, 1.82) is 0 Å². The molecule has 1 aromatic rings. The molecule has 1 aliphatic heterocycles. The van der Waals surface area contributed by atoms with E-state index in [1.54, 1.807) is 6.92 Å². The van der Waals surface area contributed by atoms with E-state index in [-0.39, 0.29) is 24.6 Å². The van der Waals surface area contributed by atoms with E-state index in [1.165, 1.54) is 4.90 Å². The number of nitrogens with zero attached hydrogens (tertiary/aromatic N) is 1. The van der Waals surface area contributed by atoms with Gasteiger partial charge in [0, 0.05) is 4.47 Å². The lowest BCUT2D eigenvalue weighted by atomic mass is 9.92. The molecule has 0 aromatic heterocycles. The molecule has 0 saturated carbocycles. The van der Waals surface area contributed by atoms with Crippen molar-refractivity contribution in [3.8, 4) is 0 Å². The third-order valence-electron chi connectivity index (χ3n) is 3.44. The monoisotopic (exact) mass is 354 g/mol. The summed E-state index contributed by atoms with van der Waals surface area (Å²) >= 11 is 3.38. The average Bonchev–Trinajstić information content (AvgIpc) is 2.63. The van der Waals surface area contributed by atoms with E-state index in [4.69, 9.17) is 4.74 Å². The summed E-state index contributed by atoms with van der Waals surface area (Å²) < 4.78 is 6.28. The molecular formula is C15H19BrN2O3. The molecule has 0 bridgehead atoms. The highest BCUT2D eigenvalue weighted by Crippen LogP contribution is 2.30. The fourth-order valence-electron chi connectivity index (χ4n) is 2.27. The molecule has 1 aromatic carbocycles. The molecule has 0 radical (unpaired) electrons. The number of hydrogen-bond acceptors (Lipinski definition) is 3. The van der Waals surface area contributed by atoms with Crippen LogP contribution >= 0.6 is 15.9 Å². The first-order chi connectivity index (χ1) is 9.84. The topological polar surface area (TPSA) is 58.6 Å². The molecule has 1 aliphatic rings. The Morgan fingerprint density at radius 2 is 2.10 bits per heavy atom. The number of rotatable bonds is 5. The molecule has 0 aliphatic carbocycles. The van der Waals surface area contributed by atoms with E-state index in [2.05, 4.69) is 21.2 Å². The van der Waals surface area contributed by atoms with Gasteiger partial charge in [-0.25, -0.2) is 4.79 Å². The first-order valence-electron chi connectivity index (χ1n) is 6.86. The summed E-state index contributed by atoms with van der Waals surface area (Å²) in [6, 6.07) is 7.01. The summed E-state index contributed by atoms with van der Waals surface area (Å²) in [4.78, 5) is 25.9. The minimum Gasteiger partial charge on any atom is -0.377 e. The zero-order valence-corrected chi connectivity index (χ0v) is 13.9. The summed E-state index contributed by atoms with van der Waals surface area (Å²) in [6.45, 7) is 6.14. The van der Waals surface area contributed by atoms with Crippen molar-refractivity contribution in [3.05, 3.63) is 34.3 Å². The number of imide groups is 1. The van der Waals surface area contributed by atoms with Gasteiger partial charge in [0.05, 0.1) is 19.3 Å². The van der Waals surface area contributed by atoms with Crippen LogP contribution in [-0.2, 0) is 15.1 Å².